The highest BCUT2D eigenvalue weighted by atomic mass is 79.9. The van der Waals surface area contributed by atoms with Crippen molar-refractivity contribution in [3.63, 3.8) is 0 Å². The summed E-state index contributed by atoms with van der Waals surface area (Å²) in [6.07, 6.45) is 0. The van der Waals surface area contributed by atoms with Gasteiger partial charge >= 0.3 is 5.69 Å². The summed E-state index contributed by atoms with van der Waals surface area (Å²) in [5.41, 5.74) is 7.32. The van der Waals surface area contributed by atoms with Gasteiger partial charge in [-0.2, -0.15) is 0 Å². The van der Waals surface area contributed by atoms with Gasteiger partial charge in [-0.05, 0) is 35.0 Å². The van der Waals surface area contributed by atoms with Gasteiger partial charge in [-0.3, -0.25) is 4.79 Å². The fraction of sp³-hybridized carbons (Fsp3) is 0.333. The van der Waals surface area contributed by atoms with Crippen LogP contribution >= 0.6 is 15.9 Å². The molecule has 7 heteroatoms. The Labute approximate surface area is 117 Å². The molecular weight excluding hydrogens is 312 g/mol. The van der Waals surface area contributed by atoms with Crippen LogP contribution in [0, 0.1) is 5.92 Å². The number of fused-ring (bicyclic) bond motifs is 1. The van der Waals surface area contributed by atoms with Gasteiger partial charge in [0.2, 0.25) is 5.91 Å². The highest BCUT2D eigenvalue weighted by Gasteiger charge is 2.18. The number of aromatic nitrogens is 2. The number of anilines is 1. The number of carbonyl (C=O) groups is 1. The molecule has 102 valence electrons. The number of rotatable bonds is 3. The van der Waals surface area contributed by atoms with Gasteiger partial charge in [0.05, 0.1) is 22.6 Å². The standard InChI is InChI=1S/C12H15BrN4O2/c1-5(6(2)14)11(18)15-8-4-10-9(3-7(8)13)16-12(19)17-10/h3-6H,14H2,1-2H3,(H,15,18)(H2,16,17,19). The monoisotopic (exact) mass is 326 g/mol. The lowest BCUT2D eigenvalue weighted by atomic mass is 10.0. The molecule has 1 amide bonds. The molecule has 0 saturated heterocycles. The zero-order chi connectivity index (χ0) is 14.2. The molecule has 0 radical (unpaired) electrons. The predicted octanol–water partition coefficient (Wildman–Crippen LogP) is 1.54. The van der Waals surface area contributed by atoms with Crippen molar-refractivity contribution in [2.45, 2.75) is 19.9 Å². The molecule has 1 aromatic carbocycles. The van der Waals surface area contributed by atoms with Gasteiger partial charge in [0.1, 0.15) is 0 Å². The fourth-order valence-electron chi connectivity index (χ4n) is 1.64. The second-order valence-electron chi connectivity index (χ2n) is 4.59. The Morgan fingerprint density at radius 2 is 1.89 bits per heavy atom. The molecule has 2 rings (SSSR count). The van der Waals surface area contributed by atoms with E-state index in [-0.39, 0.29) is 23.6 Å². The van der Waals surface area contributed by atoms with E-state index in [2.05, 4.69) is 31.2 Å². The predicted molar refractivity (Wildman–Crippen MR) is 78.1 cm³/mol. The van der Waals surface area contributed by atoms with Crippen molar-refractivity contribution in [1.29, 1.82) is 0 Å². The first kappa shape index (κ1) is 13.8. The van der Waals surface area contributed by atoms with E-state index >= 15 is 0 Å². The highest BCUT2D eigenvalue weighted by molar-refractivity contribution is 9.10. The van der Waals surface area contributed by atoms with Crippen LogP contribution in [0.25, 0.3) is 11.0 Å². The fourth-order valence-corrected chi connectivity index (χ4v) is 2.08. The second kappa shape index (κ2) is 5.18. The van der Waals surface area contributed by atoms with Crippen LogP contribution < -0.4 is 16.7 Å². The molecule has 0 aliphatic rings. The minimum absolute atomic E-state index is 0.159. The summed E-state index contributed by atoms with van der Waals surface area (Å²) in [5, 5.41) is 2.79. The van der Waals surface area contributed by atoms with Gasteiger partial charge in [-0.1, -0.05) is 6.92 Å². The lowest BCUT2D eigenvalue weighted by Gasteiger charge is -2.16. The van der Waals surface area contributed by atoms with Gasteiger partial charge < -0.3 is 21.0 Å². The molecule has 0 bridgehead atoms. The molecule has 0 spiro atoms. The van der Waals surface area contributed by atoms with Crippen LogP contribution in [0.1, 0.15) is 13.8 Å². The lowest BCUT2D eigenvalue weighted by Crippen LogP contribution is -2.34. The number of nitrogens with one attached hydrogen (secondary N) is 3. The van der Waals surface area contributed by atoms with Crippen molar-refractivity contribution < 1.29 is 4.79 Å². The zero-order valence-electron chi connectivity index (χ0n) is 10.6. The van der Waals surface area contributed by atoms with Gasteiger partial charge in [-0.15, -0.1) is 0 Å². The van der Waals surface area contributed by atoms with Crippen molar-refractivity contribution in [1.82, 2.24) is 9.97 Å². The van der Waals surface area contributed by atoms with E-state index < -0.39 is 0 Å². The number of carbonyl (C=O) groups excluding carboxylic acids is 1. The summed E-state index contributed by atoms with van der Waals surface area (Å²) >= 11 is 3.36. The van der Waals surface area contributed by atoms with E-state index in [4.69, 9.17) is 5.73 Å². The number of imidazole rings is 1. The third kappa shape index (κ3) is 2.87. The molecule has 0 fully saturated rings. The van der Waals surface area contributed by atoms with Crippen molar-refractivity contribution in [3.8, 4) is 0 Å². The summed E-state index contributed by atoms with van der Waals surface area (Å²) < 4.78 is 0.695. The molecule has 5 N–H and O–H groups in total. The molecule has 1 heterocycles. The number of nitrogens with two attached hydrogens (primary N) is 1. The maximum Gasteiger partial charge on any atom is 0.323 e. The van der Waals surface area contributed by atoms with Crippen LogP contribution in [-0.2, 0) is 4.79 Å². The van der Waals surface area contributed by atoms with Crippen LogP contribution in [0.4, 0.5) is 5.69 Å². The van der Waals surface area contributed by atoms with Crippen molar-refractivity contribution in [3.05, 3.63) is 27.1 Å². The van der Waals surface area contributed by atoms with E-state index in [0.29, 0.717) is 21.2 Å². The van der Waals surface area contributed by atoms with Crippen LogP contribution in [0.3, 0.4) is 0 Å². The van der Waals surface area contributed by atoms with Gasteiger partial charge in [0, 0.05) is 10.5 Å². The Morgan fingerprint density at radius 3 is 2.47 bits per heavy atom. The number of amides is 1. The smallest absolute Gasteiger partial charge is 0.323 e. The minimum atomic E-state index is -0.298. The lowest BCUT2D eigenvalue weighted by molar-refractivity contribution is -0.119. The highest BCUT2D eigenvalue weighted by Crippen LogP contribution is 2.26. The Hall–Kier alpha value is -1.60. The number of hydrogen-bond donors (Lipinski definition) is 4. The van der Waals surface area contributed by atoms with Crippen LogP contribution in [0.5, 0.6) is 0 Å². The maximum atomic E-state index is 12.0. The van der Waals surface area contributed by atoms with E-state index in [9.17, 15) is 9.59 Å². The molecule has 1 aromatic heterocycles. The Kier molecular flexibility index (Phi) is 3.77. The van der Waals surface area contributed by atoms with Gasteiger partial charge in [0.15, 0.2) is 0 Å². The number of aromatic amines is 2. The summed E-state index contributed by atoms with van der Waals surface area (Å²) in [4.78, 5) is 28.4. The number of H-pyrrole nitrogens is 2. The average molecular weight is 327 g/mol. The maximum absolute atomic E-state index is 12.0. The molecule has 0 aliphatic carbocycles. The molecule has 6 nitrogen and oxygen atoms in total. The van der Waals surface area contributed by atoms with Crippen molar-refractivity contribution in [2.24, 2.45) is 11.7 Å². The Bertz CT molecular complexity index is 674. The Morgan fingerprint density at radius 1 is 1.32 bits per heavy atom. The molecule has 2 atom stereocenters. The number of halogens is 1. The average Bonchev–Trinajstić information content (AvgIpc) is 2.67. The van der Waals surface area contributed by atoms with Crippen LogP contribution in [0.2, 0.25) is 0 Å². The number of hydrogen-bond acceptors (Lipinski definition) is 3. The SMILES string of the molecule is CC(N)C(C)C(=O)Nc1cc2[nH]c(=O)[nH]c2cc1Br. The number of benzene rings is 1. The first-order valence-electron chi connectivity index (χ1n) is 5.86. The van der Waals surface area contributed by atoms with Crippen LogP contribution in [0.15, 0.2) is 21.4 Å². The van der Waals surface area contributed by atoms with Crippen LogP contribution in [-0.4, -0.2) is 21.9 Å². The zero-order valence-corrected chi connectivity index (χ0v) is 12.2. The normalized spacial score (nSPS) is 14.3. The summed E-state index contributed by atoms with van der Waals surface area (Å²) in [6.45, 7) is 3.55. The minimum Gasteiger partial charge on any atom is -0.327 e. The molecule has 0 saturated carbocycles. The topological polar surface area (TPSA) is 104 Å². The summed E-state index contributed by atoms with van der Waals surface area (Å²) in [7, 11) is 0. The first-order chi connectivity index (χ1) is 8.88. The van der Waals surface area contributed by atoms with E-state index in [1.807, 2.05) is 0 Å². The van der Waals surface area contributed by atoms with Crippen molar-refractivity contribution in [2.75, 3.05) is 5.32 Å². The Balaban J connectivity index is 2.32. The van der Waals surface area contributed by atoms with E-state index in [1.54, 1.807) is 26.0 Å². The molecular formula is C12H15BrN4O2. The van der Waals surface area contributed by atoms with Gasteiger partial charge in [0.25, 0.3) is 0 Å². The van der Waals surface area contributed by atoms with E-state index in [0.717, 1.165) is 0 Å². The molecule has 19 heavy (non-hydrogen) atoms. The molecule has 2 aromatic rings. The largest absolute Gasteiger partial charge is 0.327 e. The van der Waals surface area contributed by atoms with Crippen molar-refractivity contribution >= 4 is 38.6 Å². The van der Waals surface area contributed by atoms with E-state index in [1.165, 1.54) is 0 Å². The molecule has 2 unspecified atom stereocenters. The third-order valence-corrected chi connectivity index (χ3v) is 3.72. The first-order valence-corrected chi connectivity index (χ1v) is 6.65. The summed E-state index contributed by atoms with van der Waals surface area (Å²) in [5.74, 6) is -0.458. The second-order valence-corrected chi connectivity index (χ2v) is 5.45. The van der Waals surface area contributed by atoms with Gasteiger partial charge in [-0.25, -0.2) is 4.79 Å². The molecule has 0 aliphatic heterocycles. The quantitative estimate of drug-likeness (QED) is 0.687. The third-order valence-electron chi connectivity index (χ3n) is 3.06. The summed E-state index contributed by atoms with van der Waals surface area (Å²) in [6, 6.07) is 3.21.